The molecule has 0 radical (unpaired) electrons. The van der Waals surface area contributed by atoms with E-state index >= 15 is 0 Å². The van der Waals surface area contributed by atoms with Gasteiger partial charge in [-0.25, -0.2) is 4.79 Å². The molecule has 1 aliphatic carbocycles. The third kappa shape index (κ3) is 2.01. The van der Waals surface area contributed by atoms with Gasteiger partial charge in [-0.15, -0.1) is 0 Å². The first kappa shape index (κ1) is 11.3. The van der Waals surface area contributed by atoms with Crippen molar-refractivity contribution in [3.8, 4) is 0 Å². The predicted octanol–water partition coefficient (Wildman–Crippen LogP) is 0.419. The number of hydrogen-bond donors (Lipinski definition) is 1. The molecule has 0 aromatic carbocycles. The second-order valence-corrected chi connectivity index (χ2v) is 4.61. The molecule has 0 aromatic heterocycles. The van der Waals surface area contributed by atoms with E-state index in [4.69, 9.17) is 4.55 Å². The molecule has 1 N–H and O–H groups in total. The Hall–Kier alpha value is -0.760. The molecule has 0 saturated heterocycles. The van der Waals surface area contributed by atoms with Gasteiger partial charge in [0.1, 0.15) is 6.10 Å². The van der Waals surface area contributed by atoms with Gasteiger partial charge in [-0.05, 0) is 12.3 Å². The van der Waals surface area contributed by atoms with E-state index in [-0.39, 0.29) is 5.92 Å². The van der Waals surface area contributed by atoms with E-state index in [2.05, 4.69) is 4.74 Å². The van der Waals surface area contributed by atoms with E-state index < -0.39 is 27.4 Å². The second-order valence-electron chi connectivity index (χ2n) is 3.15. The van der Waals surface area contributed by atoms with Crippen molar-refractivity contribution in [2.75, 3.05) is 0 Å². The summed E-state index contributed by atoms with van der Waals surface area (Å²) >= 11 is 0. The van der Waals surface area contributed by atoms with Crippen molar-refractivity contribution < 1.29 is 31.3 Å². The first-order valence-corrected chi connectivity index (χ1v) is 5.16. The first-order valence-electron chi connectivity index (χ1n) is 3.72. The molecular formula is C6H8F2O5S. The highest BCUT2D eigenvalue weighted by molar-refractivity contribution is 7.87. The Morgan fingerprint density at radius 2 is 2.00 bits per heavy atom. The van der Waals surface area contributed by atoms with Crippen molar-refractivity contribution in [3.05, 3.63) is 0 Å². The minimum Gasteiger partial charge on any atom is -0.457 e. The highest BCUT2D eigenvalue weighted by atomic mass is 32.2. The SMILES string of the molecule is CC1CC1OC(=O)C(F)(F)S(=O)(=O)O. The van der Waals surface area contributed by atoms with Gasteiger partial charge in [-0.3, -0.25) is 4.55 Å². The molecule has 1 rings (SSSR count). The lowest BCUT2D eigenvalue weighted by Crippen LogP contribution is -2.39. The average molecular weight is 230 g/mol. The van der Waals surface area contributed by atoms with Crippen LogP contribution in [0.4, 0.5) is 8.78 Å². The molecule has 8 heteroatoms. The lowest BCUT2D eigenvalue weighted by Gasteiger charge is -2.11. The van der Waals surface area contributed by atoms with Crippen molar-refractivity contribution in [2.24, 2.45) is 5.92 Å². The van der Waals surface area contributed by atoms with E-state index in [1.807, 2.05) is 0 Å². The summed E-state index contributed by atoms with van der Waals surface area (Å²) in [6, 6.07) is 0. The summed E-state index contributed by atoms with van der Waals surface area (Å²) in [5, 5.41) is -4.88. The van der Waals surface area contributed by atoms with Crippen molar-refractivity contribution >= 4 is 16.1 Å². The van der Waals surface area contributed by atoms with E-state index in [0.717, 1.165) is 0 Å². The fourth-order valence-electron chi connectivity index (χ4n) is 0.764. The number of alkyl halides is 2. The zero-order valence-corrected chi connectivity index (χ0v) is 7.92. The van der Waals surface area contributed by atoms with Crippen LogP contribution in [0.25, 0.3) is 0 Å². The zero-order chi connectivity index (χ0) is 11.1. The quantitative estimate of drug-likeness (QED) is 0.561. The first-order chi connectivity index (χ1) is 6.16. The summed E-state index contributed by atoms with van der Waals surface area (Å²) in [6.45, 7) is 1.66. The average Bonchev–Trinajstić information content (AvgIpc) is 2.63. The minimum absolute atomic E-state index is 0.0452. The minimum atomic E-state index is -5.74. The smallest absolute Gasteiger partial charge is 0.457 e. The van der Waals surface area contributed by atoms with Crippen molar-refractivity contribution in [3.63, 3.8) is 0 Å². The fraction of sp³-hybridized carbons (Fsp3) is 0.833. The summed E-state index contributed by atoms with van der Waals surface area (Å²) in [4.78, 5) is 10.6. The van der Waals surface area contributed by atoms with Crippen LogP contribution in [-0.2, 0) is 19.6 Å². The molecule has 0 aromatic rings. The van der Waals surface area contributed by atoms with Crippen LogP contribution >= 0.6 is 0 Å². The number of hydrogen-bond acceptors (Lipinski definition) is 4. The number of esters is 1. The van der Waals surface area contributed by atoms with Gasteiger partial charge in [0.15, 0.2) is 0 Å². The van der Waals surface area contributed by atoms with Gasteiger partial charge in [0, 0.05) is 0 Å². The Labute approximate surface area is 78.8 Å². The molecule has 2 unspecified atom stereocenters. The highest BCUT2D eigenvalue weighted by Gasteiger charge is 2.56. The molecule has 0 heterocycles. The van der Waals surface area contributed by atoms with Gasteiger partial charge in [0.05, 0.1) is 0 Å². The lowest BCUT2D eigenvalue weighted by atomic mass is 10.5. The molecule has 2 atom stereocenters. The molecule has 14 heavy (non-hydrogen) atoms. The van der Waals surface area contributed by atoms with Crippen LogP contribution in [0.3, 0.4) is 0 Å². The Kier molecular flexibility index (Phi) is 2.53. The van der Waals surface area contributed by atoms with Crippen LogP contribution in [0.5, 0.6) is 0 Å². The Bertz CT molecular complexity index is 349. The van der Waals surface area contributed by atoms with Crippen LogP contribution in [0.2, 0.25) is 0 Å². The predicted molar refractivity (Wildman–Crippen MR) is 40.2 cm³/mol. The van der Waals surface area contributed by atoms with E-state index in [0.29, 0.717) is 6.42 Å². The molecule has 0 spiro atoms. The summed E-state index contributed by atoms with van der Waals surface area (Å²) in [7, 11) is -5.74. The van der Waals surface area contributed by atoms with Crippen LogP contribution in [0, 0.1) is 5.92 Å². The third-order valence-electron chi connectivity index (χ3n) is 1.86. The topological polar surface area (TPSA) is 80.7 Å². The van der Waals surface area contributed by atoms with E-state index in [9.17, 15) is 22.0 Å². The van der Waals surface area contributed by atoms with Gasteiger partial charge >= 0.3 is 21.3 Å². The number of rotatable bonds is 3. The maximum atomic E-state index is 12.5. The molecule has 1 saturated carbocycles. The molecule has 1 fully saturated rings. The fourth-order valence-corrected chi connectivity index (χ4v) is 1.02. The lowest BCUT2D eigenvalue weighted by molar-refractivity contribution is -0.163. The second kappa shape index (κ2) is 3.13. The number of ether oxygens (including phenoxy) is 1. The molecule has 0 bridgehead atoms. The number of carbonyl (C=O) groups excluding carboxylic acids is 1. The summed E-state index contributed by atoms with van der Waals surface area (Å²) < 4.78 is 57.4. The van der Waals surface area contributed by atoms with E-state index in [1.165, 1.54) is 0 Å². The third-order valence-corrected chi connectivity index (χ3v) is 2.67. The normalized spacial score (nSPS) is 27.1. The van der Waals surface area contributed by atoms with Crippen LogP contribution in [0.1, 0.15) is 13.3 Å². The summed E-state index contributed by atoms with van der Waals surface area (Å²) in [5.41, 5.74) is 0. The van der Waals surface area contributed by atoms with Crippen molar-refractivity contribution in [1.29, 1.82) is 0 Å². The molecule has 0 amide bonds. The summed E-state index contributed by atoms with van der Waals surface area (Å²) in [5.74, 6) is -2.27. The van der Waals surface area contributed by atoms with Gasteiger partial charge in [-0.1, -0.05) is 6.92 Å². The standard InChI is InChI=1S/C6H8F2O5S/c1-3-2-4(3)13-5(9)6(7,8)14(10,11)12/h3-4H,2H2,1H3,(H,10,11,12). The van der Waals surface area contributed by atoms with Crippen LogP contribution in [0.15, 0.2) is 0 Å². The zero-order valence-electron chi connectivity index (χ0n) is 7.11. The maximum Gasteiger partial charge on any atom is 0.465 e. The molecule has 82 valence electrons. The molecular weight excluding hydrogens is 222 g/mol. The van der Waals surface area contributed by atoms with E-state index in [1.54, 1.807) is 6.92 Å². The van der Waals surface area contributed by atoms with Gasteiger partial charge in [-0.2, -0.15) is 17.2 Å². The Balaban J connectivity index is 2.68. The Morgan fingerprint density at radius 1 is 1.57 bits per heavy atom. The van der Waals surface area contributed by atoms with Crippen molar-refractivity contribution in [2.45, 2.75) is 24.7 Å². The van der Waals surface area contributed by atoms with Gasteiger partial charge in [0.2, 0.25) is 0 Å². The molecule has 5 nitrogen and oxygen atoms in total. The van der Waals surface area contributed by atoms with Crippen LogP contribution < -0.4 is 0 Å². The maximum absolute atomic E-state index is 12.5. The number of halogens is 2. The summed E-state index contributed by atoms with van der Waals surface area (Å²) in [6.07, 6.45) is -0.247. The molecule has 0 aliphatic heterocycles. The molecule has 1 aliphatic rings. The monoisotopic (exact) mass is 230 g/mol. The van der Waals surface area contributed by atoms with Gasteiger partial charge in [0.25, 0.3) is 0 Å². The number of carbonyl (C=O) groups is 1. The van der Waals surface area contributed by atoms with Crippen molar-refractivity contribution in [1.82, 2.24) is 0 Å². The largest absolute Gasteiger partial charge is 0.465 e. The van der Waals surface area contributed by atoms with Gasteiger partial charge < -0.3 is 4.74 Å². The highest BCUT2D eigenvalue weighted by Crippen LogP contribution is 2.35. The van der Waals surface area contributed by atoms with Crippen LogP contribution in [-0.4, -0.2) is 30.3 Å². The Morgan fingerprint density at radius 3 is 2.29 bits per heavy atom.